The molecular formula is C32H31BrFN3O4S. The number of amides is 2. The highest BCUT2D eigenvalue weighted by Gasteiger charge is 2.34. The molecule has 0 heterocycles. The molecule has 0 aliphatic heterocycles. The van der Waals surface area contributed by atoms with E-state index in [1.165, 1.54) is 29.2 Å². The maximum absolute atomic E-state index is 14.3. The first-order valence-corrected chi connectivity index (χ1v) is 15.6. The molecule has 0 bridgehead atoms. The van der Waals surface area contributed by atoms with Crippen LogP contribution in [0.15, 0.2) is 119 Å². The number of rotatable bonds is 12. The van der Waals surface area contributed by atoms with E-state index in [1.807, 2.05) is 54.6 Å². The number of carbonyl (C=O) groups is 2. The Balaban J connectivity index is 1.78. The molecule has 218 valence electrons. The van der Waals surface area contributed by atoms with Gasteiger partial charge in [-0.3, -0.25) is 13.9 Å². The highest BCUT2D eigenvalue weighted by atomic mass is 79.9. The monoisotopic (exact) mass is 651 g/mol. The Kier molecular flexibility index (Phi) is 10.5. The van der Waals surface area contributed by atoms with Gasteiger partial charge in [0.1, 0.15) is 18.4 Å². The molecule has 4 aromatic carbocycles. The Morgan fingerprint density at radius 3 is 2.10 bits per heavy atom. The second-order valence-electron chi connectivity index (χ2n) is 9.55. The summed E-state index contributed by atoms with van der Waals surface area (Å²) in [6, 6.07) is 28.4. The van der Waals surface area contributed by atoms with Crippen LogP contribution in [0, 0.1) is 5.82 Å². The third-order valence-corrected chi connectivity index (χ3v) is 8.87. The first-order chi connectivity index (χ1) is 20.2. The molecule has 4 aromatic rings. The molecule has 0 saturated heterocycles. The smallest absolute Gasteiger partial charge is 0.264 e. The van der Waals surface area contributed by atoms with Gasteiger partial charge in [-0.2, -0.15) is 0 Å². The van der Waals surface area contributed by atoms with Gasteiger partial charge in [-0.25, -0.2) is 12.8 Å². The van der Waals surface area contributed by atoms with Crippen LogP contribution in [-0.2, 0) is 32.6 Å². The van der Waals surface area contributed by atoms with Gasteiger partial charge in [0.2, 0.25) is 11.8 Å². The number of sulfonamides is 1. The summed E-state index contributed by atoms with van der Waals surface area (Å²) in [7, 11) is -4.23. The summed E-state index contributed by atoms with van der Waals surface area (Å²) >= 11 is 3.46. The first kappa shape index (κ1) is 30.9. The van der Waals surface area contributed by atoms with Crippen LogP contribution in [-0.4, -0.2) is 44.3 Å². The van der Waals surface area contributed by atoms with E-state index in [0.717, 1.165) is 32.0 Å². The van der Waals surface area contributed by atoms with Crippen LogP contribution < -0.4 is 9.62 Å². The molecule has 1 atom stereocenters. The Morgan fingerprint density at radius 1 is 0.857 bits per heavy atom. The van der Waals surface area contributed by atoms with Crippen molar-refractivity contribution in [2.24, 2.45) is 0 Å². The van der Waals surface area contributed by atoms with Crippen molar-refractivity contribution in [2.75, 3.05) is 17.4 Å². The van der Waals surface area contributed by atoms with Crippen LogP contribution in [0.1, 0.15) is 18.1 Å². The fourth-order valence-corrected chi connectivity index (χ4v) is 6.42. The molecule has 0 unspecified atom stereocenters. The lowest BCUT2D eigenvalue weighted by atomic mass is 10.0. The Hall–Kier alpha value is -4.02. The fraction of sp³-hybridized carbons (Fsp3) is 0.188. The van der Waals surface area contributed by atoms with Crippen LogP contribution in [0.4, 0.5) is 10.1 Å². The number of benzene rings is 4. The van der Waals surface area contributed by atoms with Crippen molar-refractivity contribution in [1.29, 1.82) is 0 Å². The van der Waals surface area contributed by atoms with E-state index in [9.17, 15) is 22.4 Å². The van der Waals surface area contributed by atoms with E-state index in [2.05, 4.69) is 21.2 Å². The molecule has 0 spiro atoms. The zero-order chi connectivity index (χ0) is 30.1. The molecule has 7 nitrogen and oxygen atoms in total. The topological polar surface area (TPSA) is 86.8 Å². The molecule has 0 aromatic heterocycles. The van der Waals surface area contributed by atoms with Gasteiger partial charge in [0.05, 0.1) is 10.6 Å². The summed E-state index contributed by atoms with van der Waals surface area (Å²) in [5.41, 5.74) is 1.71. The van der Waals surface area contributed by atoms with Gasteiger partial charge < -0.3 is 10.2 Å². The predicted octanol–water partition coefficient (Wildman–Crippen LogP) is 5.56. The lowest BCUT2D eigenvalue weighted by molar-refractivity contribution is -0.140. The van der Waals surface area contributed by atoms with Crippen molar-refractivity contribution in [3.63, 3.8) is 0 Å². The second-order valence-corrected chi connectivity index (χ2v) is 12.3. The third kappa shape index (κ3) is 7.83. The van der Waals surface area contributed by atoms with Gasteiger partial charge in [-0.05, 0) is 66.6 Å². The maximum Gasteiger partial charge on any atom is 0.264 e. The van der Waals surface area contributed by atoms with Crippen LogP contribution in [0.2, 0.25) is 0 Å². The van der Waals surface area contributed by atoms with Crippen molar-refractivity contribution in [1.82, 2.24) is 10.2 Å². The quantitative estimate of drug-likeness (QED) is 0.217. The molecule has 2 amide bonds. The Bertz CT molecular complexity index is 1600. The van der Waals surface area contributed by atoms with E-state index >= 15 is 0 Å². The number of hydrogen-bond donors (Lipinski definition) is 1. The summed E-state index contributed by atoms with van der Waals surface area (Å²) in [5, 5.41) is 2.83. The van der Waals surface area contributed by atoms with Crippen LogP contribution in [0.5, 0.6) is 0 Å². The SMILES string of the molecule is CCNC(=O)[C@H](Cc1ccccc1)N(Cc1cccc(Br)c1)C(=O)CN(c1ccc(F)cc1)S(=O)(=O)c1ccccc1. The normalized spacial score (nSPS) is 11.9. The molecule has 0 radical (unpaired) electrons. The van der Waals surface area contributed by atoms with Gasteiger partial charge in [0.25, 0.3) is 10.0 Å². The highest BCUT2D eigenvalue weighted by molar-refractivity contribution is 9.10. The molecular weight excluding hydrogens is 621 g/mol. The summed E-state index contributed by atoms with van der Waals surface area (Å²) in [5.74, 6) is -1.49. The summed E-state index contributed by atoms with van der Waals surface area (Å²) < 4.78 is 43.3. The van der Waals surface area contributed by atoms with Gasteiger partial charge in [-0.15, -0.1) is 0 Å². The first-order valence-electron chi connectivity index (χ1n) is 13.4. The van der Waals surface area contributed by atoms with Crippen molar-refractivity contribution in [3.05, 3.63) is 131 Å². The van der Waals surface area contributed by atoms with E-state index in [0.29, 0.717) is 6.54 Å². The minimum Gasteiger partial charge on any atom is -0.355 e. The van der Waals surface area contributed by atoms with E-state index in [1.54, 1.807) is 25.1 Å². The van der Waals surface area contributed by atoms with Crippen molar-refractivity contribution >= 4 is 43.5 Å². The molecule has 0 fully saturated rings. The van der Waals surface area contributed by atoms with E-state index in [-0.39, 0.29) is 29.5 Å². The molecule has 4 rings (SSSR count). The summed E-state index contributed by atoms with van der Waals surface area (Å²) in [4.78, 5) is 29.1. The van der Waals surface area contributed by atoms with Gasteiger partial charge in [0, 0.05) is 24.0 Å². The standard InChI is InChI=1S/C32H31BrFN3O4S/c1-2-35-32(39)30(21-24-10-5-3-6-11-24)36(22-25-12-9-13-26(33)20-25)31(38)23-37(28-18-16-27(34)17-19-28)42(40,41)29-14-7-4-8-15-29/h3-20,30H,2,21-23H2,1H3,(H,35,39)/t30-/m0/s1. The minimum absolute atomic E-state index is 0.0229. The van der Waals surface area contributed by atoms with Gasteiger partial charge in [-0.1, -0.05) is 76.6 Å². The number of nitrogens with zero attached hydrogens (tertiary/aromatic N) is 2. The largest absolute Gasteiger partial charge is 0.355 e. The molecule has 0 aliphatic carbocycles. The number of likely N-dealkylation sites (N-methyl/N-ethyl adjacent to an activating group) is 1. The third-order valence-electron chi connectivity index (χ3n) is 6.59. The maximum atomic E-state index is 14.3. The lowest BCUT2D eigenvalue weighted by Crippen LogP contribution is -2.53. The van der Waals surface area contributed by atoms with Gasteiger partial charge >= 0.3 is 0 Å². The molecule has 42 heavy (non-hydrogen) atoms. The van der Waals surface area contributed by atoms with Crippen molar-refractivity contribution in [3.8, 4) is 0 Å². The minimum atomic E-state index is -4.23. The number of carbonyl (C=O) groups excluding carboxylic acids is 2. The van der Waals surface area contributed by atoms with Gasteiger partial charge in [0.15, 0.2) is 0 Å². The number of halogens is 2. The Morgan fingerprint density at radius 2 is 1.48 bits per heavy atom. The highest BCUT2D eigenvalue weighted by Crippen LogP contribution is 2.25. The van der Waals surface area contributed by atoms with E-state index in [4.69, 9.17) is 0 Å². The zero-order valence-electron chi connectivity index (χ0n) is 23.0. The summed E-state index contributed by atoms with van der Waals surface area (Å²) in [6.45, 7) is 1.59. The predicted molar refractivity (Wildman–Crippen MR) is 165 cm³/mol. The lowest BCUT2D eigenvalue weighted by Gasteiger charge is -2.33. The molecule has 0 saturated carbocycles. The zero-order valence-corrected chi connectivity index (χ0v) is 25.4. The summed E-state index contributed by atoms with van der Waals surface area (Å²) in [6.07, 6.45) is 0.217. The number of hydrogen-bond acceptors (Lipinski definition) is 4. The molecule has 0 aliphatic rings. The van der Waals surface area contributed by atoms with Crippen molar-refractivity contribution < 1.29 is 22.4 Å². The Labute approximate surface area is 254 Å². The number of anilines is 1. The van der Waals surface area contributed by atoms with Crippen LogP contribution in [0.3, 0.4) is 0 Å². The molecule has 1 N–H and O–H groups in total. The van der Waals surface area contributed by atoms with E-state index < -0.39 is 34.3 Å². The average molecular weight is 653 g/mol. The molecule has 10 heteroatoms. The fourth-order valence-electron chi connectivity index (χ4n) is 4.53. The second kappa shape index (κ2) is 14.2. The van der Waals surface area contributed by atoms with Crippen LogP contribution in [0.25, 0.3) is 0 Å². The number of nitrogens with one attached hydrogen (secondary N) is 1. The average Bonchev–Trinajstić information content (AvgIpc) is 2.99. The van der Waals surface area contributed by atoms with Crippen LogP contribution >= 0.6 is 15.9 Å². The van der Waals surface area contributed by atoms with Crippen molar-refractivity contribution in [2.45, 2.75) is 30.8 Å².